The van der Waals surface area contributed by atoms with Crippen LogP contribution in [0.25, 0.3) is 11.2 Å². The van der Waals surface area contributed by atoms with E-state index in [4.69, 9.17) is 4.98 Å². The van der Waals surface area contributed by atoms with Crippen LogP contribution in [0.4, 0.5) is 5.95 Å². The van der Waals surface area contributed by atoms with Crippen LogP contribution in [0.1, 0.15) is 51.7 Å². The van der Waals surface area contributed by atoms with E-state index in [0.717, 1.165) is 4.57 Å². The van der Waals surface area contributed by atoms with Crippen LogP contribution in [0.2, 0.25) is 0 Å². The van der Waals surface area contributed by atoms with Gasteiger partial charge in [-0.25, -0.2) is 4.79 Å². The van der Waals surface area contributed by atoms with Crippen LogP contribution in [-0.2, 0) is 20.1 Å². The Morgan fingerprint density at radius 2 is 1.76 bits per heavy atom. The lowest BCUT2D eigenvalue weighted by atomic mass is 10.0. The van der Waals surface area contributed by atoms with Crippen molar-refractivity contribution in [3.63, 3.8) is 0 Å². The topological polar surface area (TPSA) is 139 Å². The molecule has 210 valence electrons. The first-order valence-electron chi connectivity index (χ1n) is 13.5. The second-order valence-corrected chi connectivity index (χ2v) is 10.2. The van der Waals surface area contributed by atoms with E-state index in [9.17, 15) is 24.4 Å². The van der Waals surface area contributed by atoms with Crippen molar-refractivity contribution in [1.82, 2.24) is 28.6 Å². The minimum atomic E-state index is -0.595. The highest BCUT2D eigenvalue weighted by Crippen LogP contribution is 2.30. The number of pyridine rings is 1. The summed E-state index contributed by atoms with van der Waals surface area (Å²) in [6.45, 7) is 2.53. The average Bonchev–Trinajstić information content (AvgIpc) is 3.52. The van der Waals surface area contributed by atoms with Crippen LogP contribution >= 0.6 is 0 Å². The molecule has 0 unspecified atom stereocenters. The van der Waals surface area contributed by atoms with Crippen molar-refractivity contribution >= 4 is 28.9 Å². The molecule has 3 aromatic heterocycles. The minimum Gasteiger partial charge on any atom is -0.340 e. The summed E-state index contributed by atoms with van der Waals surface area (Å²) in [7, 11) is 1.54. The van der Waals surface area contributed by atoms with Gasteiger partial charge in [-0.1, -0.05) is 18.1 Å². The molecule has 12 nitrogen and oxygen atoms in total. The third kappa shape index (κ3) is 4.16. The van der Waals surface area contributed by atoms with Crippen LogP contribution in [0.5, 0.6) is 0 Å². The van der Waals surface area contributed by atoms with Crippen molar-refractivity contribution in [2.45, 2.75) is 38.9 Å². The van der Waals surface area contributed by atoms with Crippen LogP contribution in [0, 0.1) is 23.2 Å². The molecule has 0 bridgehead atoms. The van der Waals surface area contributed by atoms with Crippen molar-refractivity contribution in [3.05, 3.63) is 85.8 Å². The fourth-order valence-corrected chi connectivity index (χ4v) is 5.75. The number of amides is 2. The van der Waals surface area contributed by atoms with Crippen molar-refractivity contribution in [1.29, 1.82) is 5.26 Å². The monoisotopic (exact) mass is 562 g/mol. The van der Waals surface area contributed by atoms with Gasteiger partial charge in [0.2, 0.25) is 5.95 Å². The highest BCUT2D eigenvalue weighted by atomic mass is 16.2. The molecule has 0 spiro atoms. The molecule has 2 aliphatic rings. The van der Waals surface area contributed by atoms with Gasteiger partial charge in [0.05, 0.1) is 41.5 Å². The number of aryl methyl sites for hydroxylation is 1. The quantitative estimate of drug-likeness (QED) is 0.263. The molecule has 0 aliphatic carbocycles. The Morgan fingerprint density at radius 3 is 2.45 bits per heavy atom. The Labute approximate surface area is 240 Å². The van der Waals surface area contributed by atoms with Crippen LogP contribution in [0.3, 0.4) is 0 Å². The van der Waals surface area contributed by atoms with Gasteiger partial charge in [0.25, 0.3) is 17.4 Å². The number of aromatic nitrogens is 5. The maximum absolute atomic E-state index is 13.9. The van der Waals surface area contributed by atoms with Gasteiger partial charge in [-0.2, -0.15) is 10.2 Å². The highest BCUT2D eigenvalue weighted by molar-refractivity contribution is 6.21. The third-order valence-electron chi connectivity index (χ3n) is 7.81. The molecular formula is C30H26N8O4. The summed E-state index contributed by atoms with van der Waals surface area (Å²) in [5.41, 5.74) is 0.575. The van der Waals surface area contributed by atoms with Gasteiger partial charge in [0.1, 0.15) is 6.07 Å². The molecule has 1 saturated heterocycles. The van der Waals surface area contributed by atoms with E-state index in [1.54, 1.807) is 47.9 Å². The SMILES string of the molecule is CC#CCn1c(N2CCC[C@@H](N3C(=O)c4ccccc4C3=O)C2)nc2c1c(=O)n(Cc1ncccc1C#N)c(=O)n2C. The molecular weight excluding hydrogens is 536 g/mol. The van der Waals surface area contributed by atoms with Crippen LogP contribution < -0.4 is 16.1 Å². The van der Waals surface area contributed by atoms with E-state index in [0.29, 0.717) is 48.7 Å². The number of anilines is 1. The predicted octanol–water partition coefficient (Wildman–Crippen LogP) is 1.50. The lowest BCUT2D eigenvalue weighted by Gasteiger charge is -2.37. The second-order valence-electron chi connectivity index (χ2n) is 10.2. The van der Waals surface area contributed by atoms with Gasteiger partial charge < -0.3 is 4.90 Å². The van der Waals surface area contributed by atoms with Crippen LogP contribution in [0.15, 0.2) is 52.2 Å². The number of rotatable bonds is 5. The lowest BCUT2D eigenvalue weighted by molar-refractivity contribution is 0.0569. The number of nitriles is 1. The molecule has 12 heteroatoms. The van der Waals surface area contributed by atoms with E-state index in [1.165, 1.54) is 22.7 Å². The summed E-state index contributed by atoms with van der Waals surface area (Å²) < 4.78 is 4.03. The van der Waals surface area contributed by atoms with Gasteiger partial charge in [-0.15, -0.1) is 5.92 Å². The maximum atomic E-state index is 13.9. The van der Waals surface area contributed by atoms with Gasteiger partial charge >= 0.3 is 5.69 Å². The molecule has 1 fully saturated rings. The fraction of sp³-hybridized carbons (Fsp3) is 0.300. The summed E-state index contributed by atoms with van der Waals surface area (Å²) >= 11 is 0. The minimum absolute atomic E-state index is 0.136. The predicted molar refractivity (Wildman–Crippen MR) is 153 cm³/mol. The fourth-order valence-electron chi connectivity index (χ4n) is 5.75. The molecule has 6 rings (SSSR count). The summed E-state index contributed by atoms with van der Waals surface area (Å²) in [6.07, 6.45) is 2.82. The molecule has 0 saturated carbocycles. The van der Waals surface area contributed by atoms with Gasteiger partial charge in [-0.05, 0) is 44.0 Å². The first-order valence-corrected chi connectivity index (χ1v) is 13.5. The molecule has 5 heterocycles. The number of piperidine rings is 1. The first kappa shape index (κ1) is 26.7. The number of benzene rings is 1. The maximum Gasteiger partial charge on any atom is 0.332 e. The molecule has 2 aliphatic heterocycles. The molecule has 4 aromatic rings. The normalized spacial score (nSPS) is 16.4. The first-order chi connectivity index (χ1) is 20.3. The summed E-state index contributed by atoms with van der Waals surface area (Å²) in [4.78, 5) is 65.9. The number of carbonyl (C=O) groups is 2. The Bertz CT molecular complexity index is 1970. The Kier molecular flexibility index (Phi) is 6.67. The van der Waals surface area contributed by atoms with E-state index < -0.39 is 17.3 Å². The largest absolute Gasteiger partial charge is 0.340 e. The number of imide groups is 1. The zero-order chi connectivity index (χ0) is 29.5. The van der Waals surface area contributed by atoms with Gasteiger partial charge in [0, 0.05) is 26.3 Å². The molecule has 0 radical (unpaired) electrons. The van der Waals surface area contributed by atoms with Crippen LogP contribution in [-0.4, -0.2) is 59.5 Å². The number of imidazole rings is 1. The van der Waals surface area contributed by atoms with E-state index >= 15 is 0 Å². The lowest BCUT2D eigenvalue weighted by Crippen LogP contribution is -2.50. The smallest absolute Gasteiger partial charge is 0.332 e. The average molecular weight is 563 g/mol. The van der Waals surface area contributed by atoms with Gasteiger partial charge in [-0.3, -0.25) is 38.0 Å². The molecule has 1 atom stereocenters. The summed E-state index contributed by atoms with van der Waals surface area (Å²) in [6, 6.07) is 11.7. The molecule has 1 aromatic carbocycles. The van der Waals surface area contributed by atoms with Crippen molar-refractivity contribution < 1.29 is 9.59 Å². The zero-order valence-electron chi connectivity index (χ0n) is 23.1. The molecule has 2 amide bonds. The van der Waals surface area contributed by atoms with E-state index in [1.807, 2.05) is 4.90 Å². The zero-order valence-corrected chi connectivity index (χ0v) is 23.1. The van der Waals surface area contributed by atoms with Crippen molar-refractivity contribution in [2.24, 2.45) is 7.05 Å². The molecule has 0 N–H and O–H groups in total. The summed E-state index contributed by atoms with van der Waals surface area (Å²) in [5, 5.41) is 9.49. The number of carbonyl (C=O) groups excluding carboxylic acids is 2. The number of nitrogens with zero attached hydrogens (tertiary/aromatic N) is 8. The number of hydrogen-bond donors (Lipinski definition) is 0. The van der Waals surface area contributed by atoms with Crippen molar-refractivity contribution in [2.75, 3.05) is 18.0 Å². The second kappa shape index (κ2) is 10.5. The van der Waals surface area contributed by atoms with Gasteiger partial charge in [0.15, 0.2) is 11.2 Å². The number of fused-ring (bicyclic) bond motifs is 2. The Balaban J connectivity index is 1.43. The standard InChI is InChI=1S/C30H26N8O4/c1-3-4-15-36-24-25(34(2)30(42)37(28(24)41)18-23-19(16-31)9-7-13-32-23)33-29(36)35-14-8-10-20(17-35)38-26(39)21-11-5-6-12-22(21)27(38)40/h5-7,9,11-13,20H,8,10,14-15,17-18H2,1-2H3/t20-/m1/s1. The van der Waals surface area contributed by atoms with E-state index in [-0.39, 0.29) is 41.6 Å². The van der Waals surface area contributed by atoms with E-state index in [2.05, 4.69) is 22.9 Å². The summed E-state index contributed by atoms with van der Waals surface area (Å²) in [5.74, 6) is 5.65. The van der Waals surface area contributed by atoms with Crippen molar-refractivity contribution in [3.8, 4) is 17.9 Å². The Morgan fingerprint density at radius 1 is 1.02 bits per heavy atom. The number of hydrogen-bond acceptors (Lipinski definition) is 8. The third-order valence-corrected chi connectivity index (χ3v) is 7.81. The molecule has 42 heavy (non-hydrogen) atoms. The Hall–Kier alpha value is -5.49. The highest BCUT2D eigenvalue weighted by Gasteiger charge is 2.41.